The van der Waals surface area contributed by atoms with E-state index in [0.29, 0.717) is 28.5 Å². The van der Waals surface area contributed by atoms with Gasteiger partial charge in [0.1, 0.15) is 10.7 Å². The van der Waals surface area contributed by atoms with Crippen LogP contribution < -0.4 is 25.2 Å². The molecule has 0 bridgehead atoms. The van der Waals surface area contributed by atoms with E-state index in [1.165, 1.54) is 33.7 Å². The molecule has 0 aliphatic rings. The standard InChI is InChI=1S/C14H15ClN4O4/c1-21-10-4-8(5-11(22-2)13(10)23-3)6-16-18-9-7-17-19-14(20)12(9)15/h4-7H,1-3H3,(H2,18,19,20). The maximum Gasteiger partial charge on any atom is 0.285 e. The van der Waals surface area contributed by atoms with Gasteiger partial charge in [0, 0.05) is 5.56 Å². The average Bonchev–Trinajstić information content (AvgIpc) is 2.57. The lowest BCUT2D eigenvalue weighted by Crippen LogP contribution is -2.10. The Morgan fingerprint density at radius 3 is 2.43 bits per heavy atom. The first-order valence-electron chi connectivity index (χ1n) is 6.43. The summed E-state index contributed by atoms with van der Waals surface area (Å²) in [4.78, 5) is 11.3. The number of ether oxygens (including phenoxy) is 3. The molecule has 0 aliphatic heterocycles. The number of H-pyrrole nitrogens is 1. The third-order valence-corrected chi connectivity index (χ3v) is 3.26. The van der Waals surface area contributed by atoms with Crippen molar-refractivity contribution >= 4 is 23.5 Å². The van der Waals surface area contributed by atoms with Crippen LogP contribution in [0.2, 0.25) is 5.02 Å². The highest BCUT2D eigenvalue weighted by molar-refractivity contribution is 6.32. The van der Waals surface area contributed by atoms with E-state index < -0.39 is 5.56 Å². The van der Waals surface area contributed by atoms with Crippen LogP contribution >= 0.6 is 11.6 Å². The maximum absolute atomic E-state index is 11.3. The van der Waals surface area contributed by atoms with Crippen LogP contribution in [0.5, 0.6) is 17.2 Å². The smallest absolute Gasteiger partial charge is 0.285 e. The predicted molar refractivity (Wildman–Crippen MR) is 87.2 cm³/mol. The Hall–Kier alpha value is -2.74. The van der Waals surface area contributed by atoms with Crippen LogP contribution in [-0.4, -0.2) is 37.7 Å². The van der Waals surface area contributed by atoms with Crippen LogP contribution in [0, 0.1) is 0 Å². The number of hydrogen-bond donors (Lipinski definition) is 2. The van der Waals surface area contributed by atoms with E-state index in [4.69, 9.17) is 25.8 Å². The van der Waals surface area contributed by atoms with Gasteiger partial charge in [-0.25, -0.2) is 5.10 Å². The summed E-state index contributed by atoms with van der Waals surface area (Å²) >= 11 is 5.83. The molecule has 1 heterocycles. The highest BCUT2D eigenvalue weighted by Gasteiger charge is 2.12. The monoisotopic (exact) mass is 338 g/mol. The SMILES string of the molecule is COc1cc(C=NNc2cn[nH]c(=O)c2Cl)cc(OC)c1OC. The Balaban J connectivity index is 2.25. The van der Waals surface area contributed by atoms with Crippen molar-refractivity contribution in [1.29, 1.82) is 0 Å². The van der Waals surface area contributed by atoms with Gasteiger partial charge in [0.05, 0.1) is 33.7 Å². The minimum Gasteiger partial charge on any atom is -0.493 e. The van der Waals surface area contributed by atoms with Crippen LogP contribution in [0.4, 0.5) is 5.69 Å². The third-order valence-electron chi connectivity index (χ3n) is 2.88. The molecule has 0 spiro atoms. The number of halogens is 1. The Bertz CT molecular complexity index is 751. The molecule has 0 aliphatic carbocycles. The largest absolute Gasteiger partial charge is 0.493 e. The molecule has 2 rings (SSSR count). The lowest BCUT2D eigenvalue weighted by atomic mass is 10.2. The summed E-state index contributed by atoms with van der Waals surface area (Å²) in [6.45, 7) is 0. The van der Waals surface area contributed by atoms with Crippen molar-refractivity contribution in [2.24, 2.45) is 5.10 Å². The summed E-state index contributed by atoms with van der Waals surface area (Å²) < 4.78 is 15.8. The zero-order chi connectivity index (χ0) is 16.8. The second-order valence-corrected chi connectivity index (χ2v) is 4.63. The highest BCUT2D eigenvalue weighted by Crippen LogP contribution is 2.37. The second-order valence-electron chi connectivity index (χ2n) is 4.26. The van der Waals surface area contributed by atoms with Gasteiger partial charge < -0.3 is 14.2 Å². The summed E-state index contributed by atoms with van der Waals surface area (Å²) in [6, 6.07) is 3.45. The Morgan fingerprint density at radius 2 is 1.87 bits per heavy atom. The van der Waals surface area contributed by atoms with Crippen molar-refractivity contribution in [3.05, 3.63) is 39.3 Å². The molecule has 2 aromatic rings. The van der Waals surface area contributed by atoms with Gasteiger partial charge in [-0.2, -0.15) is 10.2 Å². The molecular weight excluding hydrogens is 324 g/mol. The van der Waals surface area contributed by atoms with Crippen molar-refractivity contribution in [1.82, 2.24) is 10.2 Å². The topological polar surface area (TPSA) is 97.8 Å². The van der Waals surface area contributed by atoms with Gasteiger partial charge >= 0.3 is 0 Å². The second kappa shape index (κ2) is 7.50. The molecule has 0 saturated heterocycles. The Kier molecular flexibility index (Phi) is 5.42. The van der Waals surface area contributed by atoms with E-state index in [-0.39, 0.29) is 5.02 Å². The molecule has 0 unspecified atom stereocenters. The maximum atomic E-state index is 11.3. The quantitative estimate of drug-likeness (QED) is 0.616. The molecule has 0 atom stereocenters. The first-order valence-corrected chi connectivity index (χ1v) is 6.80. The molecule has 0 radical (unpaired) electrons. The fourth-order valence-corrected chi connectivity index (χ4v) is 1.95. The zero-order valence-electron chi connectivity index (χ0n) is 12.7. The van der Waals surface area contributed by atoms with Crippen molar-refractivity contribution < 1.29 is 14.2 Å². The number of methoxy groups -OCH3 is 3. The average molecular weight is 339 g/mol. The van der Waals surface area contributed by atoms with Crippen LogP contribution in [0.1, 0.15) is 5.56 Å². The summed E-state index contributed by atoms with van der Waals surface area (Å²) in [5, 5.41) is 9.84. The summed E-state index contributed by atoms with van der Waals surface area (Å²) in [5.74, 6) is 1.50. The van der Waals surface area contributed by atoms with Gasteiger partial charge in [-0.05, 0) is 12.1 Å². The van der Waals surface area contributed by atoms with Crippen molar-refractivity contribution in [2.45, 2.75) is 0 Å². The number of aromatic nitrogens is 2. The number of anilines is 1. The van der Waals surface area contributed by atoms with Gasteiger partial charge in [-0.1, -0.05) is 11.6 Å². The lowest BCUT2D eigenvalue weighted by Gasteiger charge is -2.12. The lowest BCUT2D eigenvalue weighted by molar-refractivity contribution is 0.324. The van der Waals surface area contributed by atoms with E-state index in [9.17, 15) is 4.79 Å². The van der Waals surface area contributed by atoms with Gasteiger partial charge in [0.2, 0.25) is 5.75 Å². The summed E-state index contributed by atoms with van der Waals surface area (Å²) in [5.41, 5.74) is 3.13. The van der Waals surface area contributed by atoms with Crippen LogP contribution in [-0.2, 0) is 0 Å². The molecule has 2 N–H and O–H groups in total. The molecule has 8 nitrogen and oxygen atoms in total. The number of nitrogens with one attached hydrogen (secondary N) is 2. The number of rotatable bonds is 6. The predicted octanol–water partition coefficient (Wildman–Crippen LogP) is 1.90. The van der Waals surface area contributed by atoms with E-state index >= 15 is 0 Å². The van der Waals surface area contributed by atoms with Crippen LogP contribution in [0.3, 0.4) is 0 Å². The number of benzene rings is 1. The number of hydrazone groups is 1. The minimum absolute atomic E-state index is 0.0259. The number of hydrogen-bond acceptors (Lipinski definition) is 7. The molecule has 0 amide bonds. The third kappa shape index (κ3) is 3.72. The zero-order valence-corrected chi connectivity index (χ0v) is 13.5. The summed E-state index contributed by atoms with van der Waals surface area (Å²) in [6.07, 6.45) is 2.87. The highest BCUT2D eigenvalue weighted by atomic mass is 35.5. The summed E-state index contributed by atoms with van der Waals surface area (Å²) in [7, 11) is 4.58. The first-order chi connectivity index (χ1) is 11.1. The van der Waals surface area contributed by atoms with Crippen molar-refractivity contribution in [2.75, 3.05) is 26.8 Å². The first kappa shape index (κ1) is 16.6. The molecule has 9 heteroatoms. The molecular formula is C14H15ClN4O4. The van der Waals surface area contributed by atoms with E-state index in [1.54, 1.807) is 12.1 Å². The molecule has 122 valence electrons. The van der Waals surface area contributed by atoms with Gasteiger partial charge in [-0.3, -0.25) is 10.2 Å². The molecule has 1 aromatic carbocycles. The van der Waals surface area contributed by atoms with E-state index in [1.807, 2.05) is 0 Å². The molecule has 0 fully saturated rings. The fourth-order valence-electron chi connectivity index (χ4n) is 1.81. The van der Waals surface area contributed by atoms with Crippen LogP contribution in [0.15, 0.2) is 28.2 Å². The van der Waals surface area contributed by atoms with E-state index in [0.717, 1.165) is 0 Å². The van der Waals surface area contributed by atoms with Crippen LogP contribution in [0.25, 0.3) is 0 Å². The minimum atomic E-state index is -0.500. The van der Waals surface area contributed by atoms with Crippen molar-refractivity contribution in [3.63, 3.8) is 0 Å². The Labute approximate surface area is 137 Å². The number of aromatic amines is 1. The fraction of sp³-hybridized carbons (Fsp3) is 0.214. The number of nitrogens with zero attached hydrogens (tertiary/aromatic N) is 2. The molecule has 1 aromatic heterocycles. The van der Waals surface area contributed by atoms with Gasteiger partial charge in [0.15, 0.2) is 11.5 Å². The normalized spacial score (nSPS) is 10.6. The van der Waals surface area contributed by atoms with Gasteiger partial charge in [0.25, 0.3) is 5.56 Å². The molecule has 0 saturated carbocycles. The van der Waals surface area contributed by atoms with Gasteiger partial charge in [-0.15, -0.1) is 0 Å². The molecule has 23 heavy (non-hydrogen) atoms. The Morgan fingerprint density at radius 1 is 1.22 bits per heavy atom. The van der Waals surface area contributed by atoms with E-state index in [2.05, 4.69) is 20.7 Å². The van der Waals surface area contributed by atoms with Crippen molar-refractivity contribution in [3.8, 4) is 17.2 Å².